The Morgan fingerprint density at radius 3 is 1.70 bits per heavy atom. The molecule has 0 rings (SSSR count). The van der Waals surface area contributed by atoms with Crippen LogP contribution in [-0.2, 0) is 0 Å². The summed E-state index contributed by atoms with van der Waals surface area (Å²) >= 11 is 0. The van der Waals surface area contributed by atoms with Crippen molar-refractivity contribution < 1.29 is 17.6 Å². The molecule has 0 saturated carbocycles. The summed E-state index contributed by atoms with van der Waals surface area (Å²) in [6.07, 6.45) is -4.82. The van der Waals surface area contributed by atoms with Crippen LogP contribution in [0, 0.1) is 0 Å². The van der Waals surface area contributed by atoms with Gasteiger partial charge in [0.25, 0.3) is 0 Å². The quantitative estimate of drug-likeness (QED) is 0.511. The van der Waals surface area contributed by atoms with E-state index in [1.807, 2.05) is 0 Å². The molecule has 0 bridgehead atoms. The van der Waals surface area contributed by atoms with Crippen molar-refractivity contribution in [2.75, 3.05) is 0 Å². The fraction of sp³-hybridized carbons (Fsp3) is 0.667. The Hall–Kier alpha value is -0.540. The number of rotatable bonds is 1. The van der Waals surface area contributed by atoms with E-state index < -0.39 is 17.6 Å². The monoisotopic (exact) mass is 156 g/mol. The van der Waals surface area contributed by atoms with Gasteiger partial charge >= 0.3 is 6.18 Å². The molecule has 0 spiro atoms. The van der Waals surface area contributed by atoms with E-state index >= 15 is 0 Å². The molecule has 0 radical (unpaired) electrons. The number of hydrogen-bond donors (Lipinski definition) is 0. The fourth-order valence-electron chi connectivity index (χ4n) is 0.639. The van der Waals surface area contributed by atoms with Gasteiger partial charge in [0, 0.05) is 0 Å². The third kappa shape index (κ3) is 2.37. The molecule has 0 amide bonds. The van der Waals surface area contributed by atoms with Crippen molar-refractivity contribution in [3.8, 4) is 0 Å². The highest BCUT2D eigenvalue weighted by atomic mass is 19.4. The van der Waals surface area contributed by atoms with Crippen LogP contribution in [0.4, 0.5) is 17.6 Å². The first kappa shape index (κ1) is 9.46. The molecule has 0 nitrogen and oxygen atoms in total. The minimum Gasteiger partial charge on any atom is -0.212 e. The summed E-state index contributed by atoms with van der Waals surface area (Å²) in [4.78, 5) is 0. The molecule has 0 aliphatic rings. The number of hydrogen-bond acceptors (Lipinski definition) is 0. The molecule has 10 heavy (non-hydrogen) atoms. The van der Waals surface area contributed by atoms with Crippen LogP contribution in [0.2, 0.25) is 0 Å². The van der Waals surface area contributed by atoms with Crippen molar-refractivity contribution >= 4 is 0 Å². The smallest absolute Gasteiger partial charge is 0.212 e. The topological polar surface area (TPSA) is 0 Å². The molecule has 0 saturated heterocycles. The Labute approximate surface area is 56.5 Å². The Morgan fingerprint density at radius 1 is 1.30 bits per heavy atom. The van der Waals surface area contributed by atoms with Crippen molar-refractivity contribution in [3.05, 3.63) is 11.4 Å². The zero-order chi connectivity index (χ0) is 8.36. The highest BCUT2D eigenvalue weighted by Gasteiger charge is 2.34. The first-order valence-corrected chi connectivity index (χ1v) is 2.82. The summed E-state index contributed by atoms with van der Waals surface area (Å²) in [7, 11) is 0. The summed E-state index contributed by atoms with van der Waals surface area (Å²) in [6, 6.07) is 0. The molecule has 0 heterocycles. The molecule has 0 aromatic rings. The third-order valence-electron chi connectivity index (χ3n) is 1.11. The Kier molecular flexibility index (Phi) is 2.87. The van der Waals surface area contributed by atoms with E-state index in [1.54, 1.807) is 0 Å². The molecule has 60 valence electrons. The third-order valence-corrected chi connectivity index (χ3v) is 1.11. The van der Waals surface area contributed by atoms with E-state index in [2.05, 4.69) is 0 Å². The normalized spacial score (nSPS) is 15.0. The minimum absolute atomic E-state index is 0.314. The predicted molar refractivity (Wildman–Crippen MR) is 30.2 cm³/mol. The average Bonchev–Trinajstić information content (AvgIpc) is 1.60. The lowest BCUT2D eigenvalue weighted by atomic mass is 10.2. The summed E-state index contributed by atoms with van der Waals surface area (Å²) in [5.74, 6) is -1.14. The van der Waals surface area contributed by atoms with Crippen LogP contribution in [0.3, 0.4) is 0 Å². The molecule has 0 aromatic carbocycles. The highest BCUT2D eigenvalue weighted by Crippen LogP contribution is 2.30. The van der Waals surface area contributed by atoms with Crippen molar-refractivity contribution in [2.45, 2.75) is 26.4 Å². The number of allylic oxidation sites excluding steroid dienone is 2. The maximum absolute atomic E-state index is 12.0. The number of halogens is 4. The van der Waals surface area contributed by atoms with Gasteiger partial charge in [-0.2, -0.15) is 13.2 Å². The van der Waals surface area contributed by atoms with E-state index in [1.165, 1.54) is 6.92 Å². The summed E-state index contributed by atoms with van der Waals surface area (Å²) < 4.78 is 47.0. The van der Waals surface area contributed by atoms with Gasteiger partial charge in [0.05, 0.1) is 5.57 Å². The van der Waals surface area contributed by atoms with Gasteiger partial charge in [0.15, 0.2) is 0 Å². The Morgan fingerprint density at radius 2 is 1.70 bits per heavy atom. The van der Waals surface area contributed by atoms with Crippen molar-refractivity contribution in [3.63, 3.8) is 0 Å². The van der Waals surface area contributed by atoms with Crippen LogP contribution < -0.4 is 0 Å². The predicted octanol–water partition coefficient (Wildman–Crippen LogP) is 3.20. The lowest BCUT2D eigenvalue weighted by Crippen LogP contribution is -2.11. The molecule has 0 N–H and O–H groups in total. The van der Waals surface area contributed by atoms with Gasteiger partial charge in [-0.25, -0.2) is 4.39 Å². The van der Waals surface area contributed by atoms with Gasteiger partial charge in [-0.3, -0.25) is 0 Å². The van der Waals surface area contributed by atoms with Crippen LogP contribution in [0.25, 0.3) is 0 Å². The zero-order valence-corrected chi connectivity index (χ0v) is 5.72. The van der Waals surface area contributed by atoms with E-state index in [-0.39, 0.29) is 6.42 Å². The van der Waals surface area contributed by atoms with Gasteiger partial charge in [0.1, 0.15) is 5.83 Å². The molecule has 0 fully saturated rings. The lowest BCUT2D eigenvalue weighted by Gasteiger charge is -2.08. The van der Waals surface area contributed by atoms with Crippen LogP contribution >= 0.6 is 0 Å². The first-order valence-electron chi connectivity index (χ1n) is 2.82. The number of alkyl halides is 3. The Bertz CT molecular complexity index is 138. The summed E-state index contributed by atoms with van der Waals surface area (Å²) in [5, 5.41) is 0. The summed E-state index contributed by atoms with van der Waals surface area (Å²) in [5.41, 5.74) is -1.08. The molecule has 0 unspecified atom stereocenters. The van der Waals surface area contributed by atoms with E-state index in [9.17, 15) is 17.6 Å². The molecule has 4 heteroatoms. The van der Waals surface area contributed by atoms with E-state index in [0.717, 1.165) is 6.92 Å². The van der Waals surface area contributed by atoms with Crippen LogP contribution in [-0.4, -0.2) is 6.18 Å². The lowest BCUT2D eigenvalue weighted by molar-refractivity contribution is -0.0954. The molecular weight excluding hydrogens is 148 g/mol. The van der Waals surface area contributed by atoms with Gasteiger partial charge in [-0.15, -0.1) is 0 Å². The van der Waals surface area contributed by atoms with Crippen LogP contribution in [0.15, 0.2) is 11.4 Å². The molecule has 0 aromatic heterocycles. The minimum atomic E-state index is -4.51. The second kappa shape index (κ2) is 3.03. The standard InChI is InChI=1S/C6H8F4/c1-3-5(4(2)7)6(8,9)10/h3H2,1-2H3/b5-4-. The SMILES string of the molecule is CC/C(=C(\C)F)C(F)(F)F. The molecular formula is C6H8F4. The van der Waals surface area contributed by atoms with Crippen LogP contribution in [0.5, 0.6) is 0 Å². The van der Waals surface area contributed by atoms with Crippen LogP contribution in [0.1, 0.15) is 20.3 Å². The molecule has 0 aliphatic heterocycles. The van der Waals surface area contributed by atoms with Gasteiger partial charge in [-0.05, 0) is 13.3 Å². The van der Waals surface area contributed by atoms with Crippen molar-refractivity contribution in [1.82, 2.24) is 0 Å². The van der Waals surface area contributed by atoms with E-state index in [4.69, 9.17) is 0 Å². The second-order valence-corrected chi connectivity index (χ2v) is 1.86. The van der Waals surface area contributed by atoms with Crippen molar-refractivity contribution in [2.24, 2.45) is 0 Å². The summed E-state index contributed by atoms with van der Waals surface area (Å²) in [6.45, 7) is 2.08. The maximum atomic E-state index is 12.0. The first-order chi connectivity index (χ1) is 4.39. The highest BCUT2D eigenvalue weighted by molar-refractivity contribution is 5.11. The average molecular weight is 156 g/mol. The largest absolute Gasteiger partial charge is 0.415 e. The van der Waals surface area contributed by atoms with Gasteiger partial charge in [-0.1, -0.05) is 6.92 Å². The zero-order valence-electron chi connectivity index (χ0n) is 5.72. The van der Waals surface area contributed by atoms with Crippen molar-refractivity contribution in [1.29, 1.82) is 0 Å². The Balaban J connectivity index is 4.55. The van der Waals surface area contributed by atoms with E-state index in [0.29, 0.717) is 0 Å². The van der Waals surface area contributed by atoms with Gasteiger partial charge < -0.3 is 0 Å². The molecule has 0 atom stereocenters. The maximum Gasteiger partial charge on any atom is 0.415 e. The fourth-order valence-corrected chi connectivity index (χ4v) is 0.639. The molecule has 0 aliphatic carbocycles. The van der Waals surface area contributed by atoms with Gasteiger partial charge in [0.2, 0.25) is 0 Å². The second-order valence-electron chi connectivity index (χ2n) is 1.86.